The zero-order chi connectivity index (χ0) is 24.1. The second-order valence-corrected chi connectivity index (χ2v) is 8.50. The first kappa shape index (κ1) is 23.4. The van der Waals surface area contributed by atoms with E-state index in [9.17, 15) is 14.0 Å². The number of unbranched alkanes of at least 4 members (excludes halogenated alkanes) is 1. The molecule has 0 unspecified atom stereocenters. The smallest absolute Gasteiger partial charge is 0.255 e. The normalized spacial score (nSPS) is 13.4. The minimum absolute atomic E-state index is 0.00301. The van der Waals surface area contributed by atoms with Crippen LogP contribution < -0.4 is 10.6 Å². The third-order valence-electron chi connectivity index (χ3n) is 5.88. The number of aryl methyl sites for hydroxylation is 1. The summed E-state index contributed by atoms with van der Waals surface area (Å²) in [5, 5.41) is 5.82. The summed E-state index contributed by atoms with van der Waals surface area (Å²) >= 11 is 0. The number of carbonyl (C=O) groups excluding carboxylic acids is 2. The van der Waals surface area contributed by atoms with Crippen molar-refractivity contribution in [2.75, 3.05) is 11.9 Å². The summed E-state index contributed by atoms with van der Waals surface area (Å²) in [5.41, 5.74) is 4.60. The number of carbonyl (C=O) groups is 2. The molecule has 0 spiro atoms. The van der Waals surface area contributed by atoms with Crippen LogP contribution in [-0.4, -0.2) is 27.9 Å². The first-order chi connectivity index (χ1) is 16.4. The molecule has 0 fully saturated rings. The average Bonchev–Trinajstić information content (AvgIpc) is 3.16. The lowest BCUT2D eigenvalue weighted by atomic mass is 10.1. The largest absolute Gasteiger partial charge is 0.356 e. The molecule has 0 saturated heterocycles. The van der Waals surface area contributed by atoms with Gasteiger partial charge >= 0.3 is 0 Å². The van der Waals surface area contributed by atoms with Crippen molar-refractivity contribution in [2.24, 2.45) is 0 Å². The standard InChI is InChI=1S/C27H29FN4O2/c1-3-4-15-29-26(33)16-19-5-10-22(11-6-19)31-27(34)20-7-14-24-25(17-20)32(18(2)30-24)23-12-8-21(28)9-13-23/h5-8,10-12,14,17H,3-4,9,13,15-16H2,1-2H3,(H,29,33)(H,31,34). The van der Waals surface area contributed by atoms with Crippen molar-refractivity contribution in [2.45, 2.75) is 46.0 Å². The Balaban J connectivity index is 1.47. The molecule has 2 aromatic carbocycles. The molecule has 3 aromatic rings. The Bertz CT molecular complexity index is 1270. The number of rotatable bonds is 8. The average molecular weight is 461 g/mol. The number of hydrogen-bond acceptors (Lipinski definition) is 3. The van der Waals surface area contributed by atoms with Crippen LogP contribution in [0.5, 0.6) is 0 Å². The molecular formula is C27H29FN4O2. The van der Waals surface area contributed by atoms with Gasteiger partial charge in [0.1, 0.15) is 11.7 Å². The van der Waals surface area contributed by atoms with Crippen LogP contribution in [0.25, 0.3) is 16.7 Å². The Labute approximate surface area is 198 Å². The number of hydrogen-bond donors (Lipinski definition) is 2. The number of anilines is 1. The van der Waals surface area contributed by atoms with Gasteiger partial charge in [-0.3, -0.25) is 9.59 Å². The highest BCUT2D eigenvalue weighted by molar-refractivity contribution is 6.06. The Morgan fingerprint density at radius 1 is 1.09 bits per heavy atom. The molecule has 1 aliphatic rings. The van der Waals surface area contributed by atoms with E-state index in [4.69, 9.17) is 0 Å². The summed E-state index contributed by atoms with van der Waals surface area (Å²) in [6.07, 6.45) is 6.52. The number of allylic oxidation sites excluding steroid dienone is 4. The lowest BCUT2D eigenvalue weighted by Gasteiger charge is -2.14. The molecule has 6 nitrogen and oxygen atoms in total. The van der Waals surface area contributed by atoms with E-state index in [1.165, 1.54) is 6.08 Å². The highest BCUT2D eigenvalue weighted by Gasteiger charge is 2.16. The van der Waals surface area contributed by atoms with Crippen LogP contribution in [0.1, 0.15) is 54.4 Å². The van der Waals surface area contributed by atoms with Gasteiger partial charge in [0.2, 0.25) is 5.91 Å². The molecular weight excluding hydrogens is 431 g/mol. The van der Waals surface area contributed by atoms with Gasteiger partial charge in [-0.15, -0.1) is 0 Å². The Hall–Kier alpha value is -3.74. The predicted octanol–water partition coefficient (Wildman–Crippen LogP) is 5.54. The van der Waals surface area contributed by atoms with Gasteiger partial charge in [-0.25, -0.2) is 9.37 Å². The van der Waals surface area contributed by atoms with Gasteiger partial charge in [-0.1, -0.05) is 25.5 Å². The molecule has 0 radical (unpaired) electrons. The van der Waals surface area contributed by atoms with E-state index in [0.717, 1.165) is 41.0 Å². The Morgan fingerprint density at radius 3 is 2.59 bits per heavy atom. The predicted molar refractivity (Wildman–Crippen MR) is 133 cm³/mol. The zero-order valence-electron chi connectivity index (χ0n) is 19.5. The number of nitrogens with one attached hydrogen (secondary N) is 2. The summed E-state index contributed by atoms with van der Waals surface area (Å²) in [6.45, 7) is 4.68. The van der Waals surface area contributed by atoms with E-state index >= 15 is 0 Å². The minimum atomic E-state index is -0.235. The molecule has 2 N–H and O–H groups in total. The number of fused-ring (bicyclic) bond motifs is 1. The van der Waals surface area contributed by atoms with Crippen molar-refractivity contribution in [3.05, 3.63) is 77.4 Å². The van der Waals surface area contributed by atoms with E-state index in [-0.39, 0.29) is 17.6 Å². The van der Waals surface area contributed by atoms with Gasteiger partial charge in [0.15, 0.2) is 0 Å². The summed E-state index contributed by atoms with van der Waals surface area (Å²) in [4.78, 5) is 29.5. The minimum Gasteiger partial charge on any atom is -0.356 e. The van der Waals surface area contributed by atoms with Crippen molar-refractivity contribution < 1.29 is 14.0 Å². The topological polar surface area (TPSA) is 76.0 Å². The maximum atomic E-state index is 13.5. The number of halogens is 1. The van der Waals surface area contributed by atoms with Gasteiger partial charge in [0.25, 0.3) is 5.91 Å². The molecule has 0 atom stereocenters. The van der Waals surface area contributed by atoms with Crippen LogP contribution in [0.3, 0.4) is 0 Å². The summed E-state index contributed by atoms with van der Waals surface area (Å²) in [5.74, 6) is 0.426. The molecule has 0 saturated carbocycles. The number of aromatic nitrogens is 2. The Kier molecular flexibility index (Phi) is 7.21. The van der Waals surface area contributed by atoms with Crippen LogP contribution in [0.15, 0.2) is 60.4 Å². The highest BCUT2D eigenvalue weighted by atomic mass is 19.1. The second-order valence-electron chi connectivity index (χ2n) is 8.50. The summed E-state index contributed by atoms with van der Waals surface area (Å²) in [6, 6.07) is 12.7. The van der Waals surface area contributed by atoms with Crippen molar-refractivity contribution >= 4 is 34.2 Å². The first-order valence-electron chi connectivity index (χ1n) is 11.7. The van der Waals surface area contributed by atoms with Gasteiger partial charge < -0.3 is 15.2 Å². The SMILES string of the molecule is CCCCNC(=O)Cc1ccc(NC(=O)c2ccc3nc(C)n(C4=CC=C(F)CC4)c3c2)cc1. The van der Waals surface area contributed by atoms with Crippen LogP contribution in [0, 0.1) is 6.92 Å². The van der Waals surface area contributed by atoms with Crippen molar-refractivity contribution in [3.63, 3.8) is 0 Å². The lowest BCUT2D eigenvalue weighted by molar-refractivity contribution is -0.120. The molecule has 1 aliphatic carbocycles. The van der Waals surface area contributed by atoms with Gasteiger partial charge in [-0.2, -0.15) is 0 Å². The van der Waals surface area contributed by atoms with Crippen LogP contribution >= 0.6 is 0 Å². The Morgan fingerprint density at radius 2 is 1.88 bits per heavy atom. The second kappa shape index (κ2) is 10.5. The fraction of sp³-hybridized carbons (Fsp3) is 0.296. The summed E-state index contributed by atoms with van der Waals surface area (Å²) in [7, 11) is 0. The van der Waals surface area contributed by atoms with E-state index in [1.54, 1.807) is 24.3 Å². The number of amides is 2. The molecule has 4 rings (SSSR count). The van der Waals surface area contributed by atoms with E-state index in [2.05, 4.69) is 22.5 Å². The maximum absolute atomic E-state index is 13.5. The fourth-order valence-corrected chi connectivity index (χ4v) is 4.05. The quantitative estimate of drug-likeness (QED) is 0.433. The third kappa shape index (κ3) is 5.42. The van der Waals surface area contributed by atoms with Gasteiger partial charge in [-0.05, 0) is 67.8 Å². The first-order valence-corrected chi connectivity index (χ1v) is 11.7. The van der Waals surface area contributed by atoms with Crippen LogP contribution in [0.4, 0.5) is 10.1 Å². The maximum Gasteiger partial charge on any atom is 0.255 e. The van der Waals surface area contributed by atoms with E-state index in [1.807, 2.05) is 35.8 Å². The van der Waals surface area contributed by atoms with E-state index < -0.39 is 0 Å². The monoisotopic (exact) mass is 460 g/mol. The molecule has 7 heteroatoms. The van der Waals surface area contributed by atoms with Crippen LogP contribution in [0.2, 0.25) is 0 Å². The summed E-state index contributed by atoms with van der Waals surface area (Å²) < 4.78 is 15.4. The molecule has 34 heavy (non-hydrogen) atoms. The molecule has 1 aromatic heterocycles. The molecule has 1 heterocycles. The molecule has 0 aliphatic heterocycles. The molecule has 2 amide bonds. The molecule has 0 bridgehead atoms. The third-order valence-corrected chi connectivity index (χ3v) is 5.88. The zero-order valence-corrected chi connectivity index (χ0v) is 19.5. The van der Waals surface area contributed by atoms with Gasteiger partial charge in [0.05, 0.1) is 17.5 Å². The highest BCUT2D eigenvalue weighted by Crippen LogP contribution is 2.28. The number of nitrogens with zero attached hydrogens (tertiary/aromatic N) is 2. The number of benzene rings is 2. The van der Waals surface area contributed by atoms with Gasteiger partial charge in [0, 0.05) is 29.9 Å². The fourth-order valence-electron chi connectivity index (χ4n) is 4.05. The van der Waals surface area contributed by atoms with Crippen molar-refractivity contribution in [1.82, 2.24) is 14.9 Å². The van der Waals surface area contributed by atoms with Crippen molar-refractivity contribution in [1.29, 1.82) is 0 Å². The van der Waals surface area contributed by atoms with Crippen molar-refractivity contribution in [3.8, 4) is 0 Å². The molecule has 176 valence electrons. The van der Waals surface area contributed by atoms with E-state index in [0.29, 0.717) is 37.1 Å². The number of imidazole rings is 1. The van der Waals surface area contributed by atoms with Crippen LogP contribution in [-0.2, 0) is 11.2 Å². The lowest BCUT2D eigenvalue weighted by Crippen LogP contribution is -2.25.